The molecule has 2 heterocycles. The second-order valence-corrected chi connectivity index (χ2v) is 4.99. The van der Waals surface area contributed by atoms with Crippen LogP contribution in [0.3, 0.4) is 0 Å². The van der Waals surface area contributed by atoms with Crippen LogP contribution in [0.1, 0.15) is 21.9 Å². The van der Waals surface area contributed by atoms with Gasteiger partial charge in [-0.05, 0) is 44.2 Å². The monoisotopic (exact) mass is 322 g/mol. The fourth-order valence-corrected chi connectivity index (χ4v) is 1.92. The SMILES string of the molecule is Cc1cc(C)nc(Nc2ccccc2)n1.O=C(O)c1ccccn1. The molecule has 0 bridgehead atoms. The van der Waals surface area contributed by atoms with E-state index in [1.165, 1.54) is 12.3 Å². The van der Waals surface area contributed by atoms with Crippen LogP contribution in [-0.2, 0) is 0 Å². The van der Waals surface area contributed by atoms with Crippen molar-refractivity contribution in [2.75, 3.05) is 5.32 Å². The van der Waals surface area contributed by atoms with Gasteiger partial charge < -0.3 is 10.4 Å². The molecular weight excluding hydrogens is 304 g/mol. The second-order valence-electron chi connectivity index (χ2n) is 4.99. The van der Waals surface area contributed by atoms with Gasteiger partial charge in [0.2, 0.25) is 5.95 Å². The van der Waals surface area contributed by atoms with E-state index in [1.807, 2.05) is 50.2 Å². The highest BCUT2D eigenvalue weighted by atomic mass is 16.4. The molecule has 0 fully saturated rings. The smallest absolute Gasteiger partial charge is 0.354 e. The minimum absolute atomic E-state index is 0.0810. The number of aromatic carboxylic acids is 1. The summed E-state index contributed by atoms with van der Waals surface area (Å²) in [5, 5.41) is 11.5. The van der Waals surface area contributed by atoms with Gasteiger partial charge in [0.25, 0.3) is 0 Å². The van der Waals surface area contributed by atoms with Gasteiger partial charge in [-0.2, -0.15) is 0 Å². The van der Waals surface area contributed by atoms with E-state index >= 15 is 0 Å². The van der Waals surface area contributed by atoms with E-state index in [-0.39, 0.29) is 5.69 Å². The minimum Gasteiger partial charge on any atom is -0.477 e. The molecular formula is C18H18N4O2. The van der Waals surface area contributed by atoms with Crippen molar-refractivity contribution in [1.82, 2.24) is 15.0 Å². The molecule has 2 N–H and O–H groups in total. The third kappa shape index (κ3) is 5.49. The zero-order valence-corrected chi connectivity index (χ0v) is 13.5. The summed E-state index contributed by atoms with van der Waals surface area (Å²) in [6.45, 7) is 3.93. The van der Waals surface area contributed by atoms with E-state index in [4.69, 9.17) is 5.11 Å². The fraction of sp³-hybridized carbons (Fsp3) is 0.111. The molecule has 0 spiro atoms. The Bertz CT molecular complexity index is 772. The van der Waals surface area contributed by atoms with Crippen molar-refractivity contribution >= 4 is 17.6 Å². The zero-order chi connectivity index (χ0) is 17.4. The Balaban J connectivity index is 0.000000198. The number of anilines is 2. The number of hydrogen-bond acceptors (Lipinski definition) is 5. The van der Waals surface area contributed by atoms with Gasteiger partial charge in [0.15, 0.2) is 0 Å². The van der Waals surface area contributed by atoms with E-state index in [0.29, 0.717) is 5.95 Å². The molecule has 2 aromatic heterocycles. The van der Waals surface area contributed by atoms with Gasteiger partial charge in [-0.25, -0.2) is 19.7 Å². The number of benzene rings is 1. The first-order valence-electron chi connectivity index (χ1n) is 7.33. The molecule has 3 aromatic rings. The van der Waals surface area contributed by atoms with Crippen LogP contribution in [0.5, 0.6) is 0 Å². The molecule has 0 aliphatic rings. The van der Waals surface area contributed by atoms with Gasteiger partial charge in [0.05, 0.1) is 0 Å². The topological polar surface area (TPSA) is 88.0 Å². The first-order valence-corrected chi connectivity index (χ1v) is 7.33. The van der Waals surface area contributed by atoms with Crippen molar-refractivity contribution in [3.05, 3.63) is 77.9 Å². The van der Waals surface area contributed by atoms with Crippen LogP contribution in [0.4, 0.5) is 11.6 Å². The molecule has 0 saturated carbocycles. The third-order valence-corrected chi connectivity index (χ3v) is 2.90. The lowest BCUT2D eigenvalue weighted by molar-refractivity contribution is 0.0690. The summed E-state index contributed by atoms with van der Waals surface area (Å²) in [4.78, 5) is 22.3. The molecule has 0 radical (unpaired) electrons. The van der Waals surface area contributed by atoms with Crippen LogP contribution in [-0.4, -0.2) is 26.0 Å². The Morgan fingerprint density at radius 3 is 2.08 bits per heavy atom. The van der Waals surface area contributed by atoms with Crippen molar-refractivity contribution in [1.29, 1.82) is 0 Å². The van der Waals surface area contributed by atoms with Crippen molar-refractivity contribution in [2.45, 2.75) is 13.8 Å². The summed E-state index contributed by atoms with van der Waals surface area (Å²) in [6.07, 6.45) is 1.45. The average Bonchev–Trinajstić information content (AvgIpc) is 2.56. The van der Waals surface area contributed by atoms with Crippen LogP contribution in [0, 0.1) is 13.8 Å². The van der Waals surface area contributed by atoms with Crippen LogP contribution in [0.15, 0.2) is 60.8 Å². The molecule has 0 atom stereocenters. The normalized spacial score (nSPS) is 9.58. The Morgan fingerprint density at radius 1 is 0.958 bits per heavy atom. The zero-order valence-electron chi connectivity index (χ0n) is 13.5. The van der Waals surface area contributed by atoms with Gasteiger partial charge in [0.1, 0.15) is 5.69 Å². The molecule has 6 nitrogen and oxygen atoms in total. The van der Waals surface area contributed by atoms with Gasteiger partial charge in [-0.3, -0.25) is 0 Å². The summed E-state index contributed by atoms with van der Waals surface area (Å²) in [7, 11) is 0. The van der Waals surface area contributed by atoms with E-state index in [9.17, 15) is 4.79 Å². The van der Waals surface area contributed by atoms with Gasteiger partial charge in [-0.1, -0.05) is 24.3 Å². The number of aromatic nitrogens is 3. The predicted molar refractivity (Wildman–Crippen MR) is 92.4 cm³/mol. The molecule has 0 aliphatic carbocycles. The lowest BCUT2D eigenvalue weighted by atomic mass is 10.3. The summed E-state index contributed by atoms with van der Waals surface area (Å²) >= 11 is 0. The number of rotatable bonds is 3. The van der Waals surface area contributed by atoms with Gasteiger partial charge in [-0.15, -0.1) is 0 Å². The highest BCUT2D eigenvalue weighted by Gasteiger charge is 1.99. The van der Waals surface area contributed by atoms with Crippen molar-refractivity contribution < 1.29 is 9.90 Å². The van der Waals surface area contributed by atoms with E-state index in [0.717, 1.165) is 17.1 Å². The average molecular weight is 322 g/mol. The Morgan fingerprint density at radius 2 is 1.58 bits per heavy atom. The van der Waals surface area contributed by atoms with Crippen LogP contribution < -0.4 is 5.32 Å². The number of hydrogen-bond donors (Lipinski definition) is 2. The molecule has 122 valence electrons. The number of aryl methyl sites for hydroxylation is 2. The quantitative estimate of drug-likeness (QED) is 0.766. The maximum atomic E-state index is 10.1. The molecule has 0 unspecified atom stereocenters. The lowest BCUT2D eigenvalue weighted by Gasteiger charge is -2.05. The molecule has 3 rings (SSSR count). The van der Waals surface area contributed by atoms with Crippen LogP contribution in [0.25, 0.3) is 0 Å². The van der Waals surface area contributed by atoms with E-state index < -0.39 is 5.97 Å². The van der Waals surface area contributed by atoms with Crippen molar-refractivity contribution in [3.8, 4) is 0 Å². The maximum absolute atomic E-state index is 10.1. The van der Waals surface area contributed by atoms with Crippen LogP contribution >= 0.6 is 0 Å². The predicted octanol–water partition coefficient (Wildman–Crippen LogP) is 3.62. The highest BCUT2D eigenvalue weighted by molar-refractivity contribution is 5.85. The first-order chi connectivity index (χ1) is 11.5. The number of pyridine rings is 1. The summed E-state index contributed by atoms with van der Waals surface area (Å²) in [5.74, 6) is -0.339. The van der Waals surface area contributed by atoms with E-state index in [2.05, 4.69) is 20.3 Å². The number of carboxylic acid groups (broad SMARTS) is 1. The van der Waals surface area contributed by atoms with Crippen molar-refractivity contribution in [3.63, 3.8) is 0 Å². The van der Waals surface area contributed by atoms with Gasteiger partial charge in [0, 0.05) is 23.3 Å². The fourth-order valence-electron chi connectivity index (χ4n) is 1.92. The maximum Gasteiger partial charge on any atom is 0.354 e. The molecule has 0 amide bonds. The number of carboxylic acids is 1. The number of nitrogens with zero attached hydrogens (tertiary/aromatic N) is 3. The lowest BCUT2D eigenvalue weighted by Crippen LogP contribution is -1.99. The highest BCUT2D eigenvalue weighted by Crippen LogP contribution is 2.12. The largest absolute Gasteiger partial charge is 0.477 e. The second kappa shape index (κ2) is 8.38. The molecule has 1 aromatic carbocycles. The molecule has 0 saturated heterocycles. The number of para-hydroxylation sites is 1. The van der Waals surface area contributed by atoms with Crippen molar-refractivity contribution in [2.24, 2.45) is 0 Å². The minimum atomic E-state index is -0.990. The number of nitrogens with one attached hydrogen (secondary N) is 1. The summed E-state index contributed by atoms with van der Waals surface area (Å²) in [5.41, 5.74) is 3.03. The summed E-state index contributed by atoms with van der Waals surface area (Å²) in [6, 6.07) is 16.6. The molecule has 6 heteroatoms. The number of carbonyl (C=O) groups is 1. The summed E-state index contributed by atoms with van der Waals surface area (Å²) < 4.78 is 0. The van der Waals surface area contributed by atoms with Gasteiger partial charge >= 0.3 is 5.97 Å². The third-order valence-electron chi connectivity index (χ3n) is 2.90. The molecule has 24 heavy (non-hydrogen) atoms. The standard InChI is InChI=1S/C12H13N3.C6H5NO2/c1-9-8-10(2)14-12(13-9)15-11-6-4-3-5-7-11;8-6(9)5-3-1-2-4-7-5/h3-8H,1-2H3,(H,13,14,15);1-4H,(H,8,9). The Kier molecular flexibility index (Phi) is 5.96. The molecule has 0 aliphatic heterocycles. The van der Waals surface area contributed by atoms with Crippen LogP contribution in [0.2, 0.25) is 0 Å². The van der Waals surface area contributed by atoms with E-state index in [1.54, 1.807) is 12.1 Å². The Labute approximate surface area is 140 Å². The Hall–Kier alpha value is -3.28. The first kappa shape index (κ1) is 17.1.